The Labute approximate surface area is 210 Å². The first-order chi connectivity index (χ1) is 16.9. The number of aromatic amines is 1. The fourth-order valence-electron chi connectivity index (χ4n) is 4.15. The largest absolute Gasteiger partial charge is 0.497 e. The van der Waals surface area contributed by atoms with Gasteiger partial charge in [-0.2, -0.15) is 0 Å². The van der Waals surface area contributed by atoms with Crippen molar-refractivity contribution in [3.8, 4) is 11.5 Å². The number of rotatable bonds is 7. The van der Waals surface area contributed by atoms with Crippen LogP contribution in [-0.4, -0.2) is 29.2 Å². The van der Waals surface area contributed by atoms with Crippen LogP contribution in [0.3, 0.4) is 0 Å². The van der Waals surface area contributed by atoms with Crippen LogP contribution in [0, 0.1) is 13.8 Å². The highest BCUT2D eigenvalue weighted by atomic mass is 32.1. The van der Waals surface area contributed by atoms with Crippen LogP contribution in [0.5, 0.6) is 11.5 Å². The average Bonchev–Trinajstić information content (AvgIpc) is 2.85. The number of aryl methyl sites for hydroxylation is 2. The molecule has 0 radical (unpaired) electrons. The highest BCUT2D eigenvalue weighted by Gasteiger charge is 2.16. The van der Waals surface area contributed by atoms with E-state index in [1.807, 2.05) is 66.4 Å². The molecule has 0 aliphatic carbocycles. The van der Waals surface area contributed by atoms with Crippen LogP contribution < -0.4 is 20.3 Å². The third-order valence-electron chi connectivity index (χ3n) is 5.90. The number of nitrogens with zero attached hydrogens (tertiary/aromatic N) is 1. The highest BCUT2D eigenvalue weighted by molar-refractivity contribution is 7.80. The van der Waals surface area contributed by atoms with Gasteiger partial charge in [0.05, 0.1) is 32.0 Å². The number of para-hydroxylation sites is 2. The molecular formula is C28H29N3O3S. The monoisotopic (exact) mass is 487 g/mol. The van der Waals surface area contributed by atoms with Crippen LogP contribution in [0.15, 0.2) is 71.5 Å². The Hall–Kier alpha value is -3.84. The van der Waals surface area contributed by atoms with Gasteiger partial charge in [-0.05, 0) is 79.0 Å². The number of nitrogens with one attached hydrogen (secondary N) is 2. The lowest BCUT2D eigenvalue weighted by Gasteiger charge is -2.26. The van der Waals surface area contributed by atoms with Gasteiger partial charge in [0.2, 0.25) is 0 Å². The van der Waals surface area contributed by atoms with Crippen LogP contribution in [0.2, 0.25) is 0 Å². The first kappa shape index (κ1) is 24.3. The summed E-state index contributed by atoms with van der Waals surface area (Å²) in [5.74, 6) is 1.47. The van der Waals surface area contributed by atoms with Gasteiger partial charge in [-0.1, -0.05) is 35.9 Å². The van der Waals surface area contributed by atoms with E-state index in [2.05, 4.69) is 29.4 Å². The molecule has 0 aliphatic heterocycles. The van der Waals surface area contributed by atoms with Gasteiger partial charge in [-0.15, -0.1) is 0 Å². The van der Waals surface area contributed by atoms with Gasteiger partial charge in [0.25, 0.3) is 5.56 Å². The van der Waals surface area contributed by atoms with E-state index in [0.29, 0.717) is 29.5 Å². The number of pyridine rings is 1. The number of ether oxygens (including phenoxy) is 2. The Morgan fingerprint density at radius 2 is 1.71 bits per heavy atom. The number of methoxy groups -OCH3 is 2. The molecule has 0 saturated heterocycles. The number of thiocarbonyl (C=S) groups is 1. The molecule has 0 fully saturated rings. The lowest BCUT2D eigenvalue weighted by Crippen LogP contribution is -2.35. The second kappa shape index (κ2) is 10.6. The summed E-state index contributed by atoms with van der Waals surface area (Å²) >= 11 is 5.81. The van der Waals surface area contributed by atoms with E-state index in [9.17, 15) is 4.79 Å². The summed E-state index contributed by atoms with van der Waals surface area (Å²) in [4.78, 5) is 18.1. The van der Waals surface area contributed by atoms with Gasteiger partial charge in [-0.3, -0.25) is 4.79 Å². The van der Waals surface area contributed by atoms with Crippen LogP contribution in [0.25, 0.3) is 10.9 Å². The third-order valence-corrected chi connectivity index (χ3v) is 6.26. The van der Waals surface area contributed by atoms with Crippen molar-refractivity contribution in [3.05, 3.63) is 99.3 Å². The summed E-state index contributed by atoms with van der Waals surface area (Å²) in [5.41, 5.74) is 5.38. The minimum atomic E-state index is -0.121. The van der Waals surface area contributed by atoms with Crippen molar-refractivity contribution in [2.45, 2.75) is 26.9 Å². The topological polar surface area (TPSA) is 66.6 Å². The van der Waals surface area contributed by atoms with Crippen molar-refractivity contribution in [1.82, 2.24) is 9.88 Å². The average molecular weight is 488 g/mol. The van der Waals surface area contributed by atoms with Crippen LogP contribution in [-0.2, 0) is 13.1 Å². The van der Waals surface area contributed by atoms with Crippen LogP contribution in [0.1, 0.15) is 22.3 Å². The first-order valence-electron chi connectivity index (χ1n) is 11.3. The lowest BCUT2D eigenvalue weighted by molar-refractivity contribution is 0.404. The number of benzene rings is 3. The minimum Gasteiger partial charge on any atom is -0.497 e. The zero-order valence-electron chi connectivity index (χ0n) is 20.3. The third kappa shape index (κ3) is 5.63. The molecule has 35 heavy (non-hydrogen) atoms. The molecule has 2 N–H and O–H groups in total. The van der Waals surface area contributed by atoms with Gasteiger partial charge < -0.3 is 24.7 Å². The van der Waals surface area contributed by atoms with Crippen molar-refractivity contribution in [1.29, 1.82) is 0 Å². The Balaban J connectivity index is 1.68. The number of H-pyrrole nitrogens is 1. The van der Waals surface area contributed by atoms with E-state index in [4.69, 9.17) is 21.7 Å². The molecule has 3 aromatic carbocycles. The van der Waals surface area contributed by atoms with Gasteiger partial charge >= 0.3 is 0 Å². The normalized spacial score (nSPS) is 10.7. The molecule has 4 aromatic rings. The molecule has 0 saturated carbocycles. The molecule has 7 heteroatoms. The second-order valence-corrected chi connectivity index (χ2v) is 8.89. The molecule has 1 aromatic heterocycles. The molecule has 4 rings (SSSR count). The van der Waals surface area contributed by atoms with Gasteiger partial charge in [0.1, 0.15) is 11.5 Å². The molecule has 0 amide bonds. The Bertz CT molecular complexity index is 1410. The zero-order chi connectivity index (χ0) is 24.9. The maximum Gasteiger partial charge on any atom is 0.253 e. The molecule has 0 aliphatic rings. The first-order valence-corrected chi connectivity index (χ1v) is 11.7. The van der Waals surface area contributed by atoms with Gasteiger partial charge in [0, 0.05) is 12.1 Å². The Kier molecular flexibility index (Phi) is 7.36. The van der Waals surface area contributed by atoms with E-state index in [-0.39, 0.29) is 5.56 Å². The minimum absolute atomic E-state index is 0.121. The maximum atomic E-state index is 13.0. The zero-order valence-corrected chi connectivity index (χ0v) is 21.2. The Morgan fingerprint density at radius 1 is 0.971 bits per heavy atom. The van der Waals surface area contributed by atoms with Crippen molar-refractivity contribution >= 4 is 33.9 Å². The predicted octanol–water partition coefficient (Wildman–Crippen LogP) is 5.56. The number of aromatic nitrogens is 1. The molecule has 6 nitrogen and oxygen atoms in total. The summed E-state index contributed by atoms with van der Waals surface area (Å²) < 4.78 is 10.8. The smallest absolute Gasteiger partial charge is 0.253 e. The van der Waals surface area contributed by atoms with E-state index in [1.165, 1.54) is 0 Å². The molecule has 180 valence electrons. The van der Waals surface area contributed by atoms with Crippen LogP contribution >= 0.6 is 12.2 Å². The molecule has 0 bridgehead atoms. The lowest BCUT2D eigenvalue weighted by atomic mass is 10.1. The van der Waals surface area contributed by atoms with Crippen molar-refractivity contribution in [2.24, 2.45) is 0 Å². The fraction of sp³-hybridized carbons (Fsp3) is 0.214. The molecule has 0 spiro atoms. The molecule has 0 atom stereocenters. The summed E-state index contributed by atoms with van der Waals surface area (Å²) in [7, 11) is 3.26. The summed E-state index contributed by atoms with van der Waals surface area (Å²) in [6.07, 6.45) is 0. The predicted molar refractivity (Wildman–Crippen MR) is 145 cm³/mol. The number of fused-ring (bicyclic) bond motifs is 1. The summed E-state index contributed by atoms with van der Waals surface area (Å²) in [5, 5.41) is 4.79. The number of hydrogen-bond donors (Lipinski definition) is 2. The van der Waals surface area contributed by atoms with Crippen molar-refractivity contribution in [2.75, 3.05) is 19.5 Å². The van der Waals surface area contributed by atoms with Crippen molar-refractivity contribution < 1.29 is 9.47 Å². The maximum absolute atomic E-state index is 13.0. The van der Waals surface area contributed by atoms with E-state index in [1.54, 1.807) is 14.2 Å². The standard InChI is InChI=1S/C28H29N3O3S/c1-18-13-19(2)26-21(14-18)15-22(27(32)30-26)17-31(16-20-9-11-23(33-3)12-10-20)28(35)29-24-7-5-6-8-25(24)34-4/h5-15H,16-17H2,1-4H3,(H,29,35)(H,30,32). The van der Waals surface area contributed by atoms with Gasteiger partial charge in [-0.25, -0.2) is 0 Å². The summed E-state index contributed by atoms with van der Waals surface area (Å²) in [6, 6.07) is 21.5. The Morgan fingerprint density at radius 3 is 2.43 bits per heavy atom. The molecule has 1 heterocycles. The van der Waals surface area contributed by atoms with E-state index < -0.39 is 0 Å². The summed E-state index contributed by atoms with van der Waals surface area (Å²) in [6.45, 7) is 4.91. The van der Waals surface area contributed by atoms with Crippen molar-refractivity contribution in [3.63, 3.8) is 0 Å². The quantitative estimate of drug-likeness (QED) is 0.333. The molecule has 0 unspecified atom stereocenters. The van der Waals surface area contributed by atoms with Gasteiger partial charge in [0.15, 0.2) is 5.11 Å². The van der Waals surface area contributed by atoms with E-state index in [0.717, 1.165) is 39.0 Å². The highest BCUT2D eigenvalue weighted by Crippen LogP contribution is 2.25. The number of anilines is 1. The number of hydrogen-bond acceptors (Lipinski definition) is 4. The van der Waals surface area contributed by atoms with E-state index >= 15 is 0 Å². The molecular weight excluding hydrogens is 458 g/mol. The SMILES string of the molecule is COc1ccc(CN(Cc2cc3cc(C)cc(C)c3[nH]c2=O)C(=S)Nc2ccccc2OC)cc1. The fourth-order valence-corrected chi connectivity index (χ4v) is 4.39. The van der Waals surface area contributed by atoms with Crippen LogP contribution in [0.4, 0.5) is 5.69 Å². The second-order valence-electron chi connectivity index (χ2n) is 8.50.